The van der Waals surface area contributed by atoms with Gasteiger partial charge in [-0.15, -0.1) is 0 Å². The molecule has 4 heteroatoms. The molecule has 0 heterocycles. The highest BCUT2D eigenvalue weighted by molar-refractivity contribution is 14.1. The Labute approximate surface area is 126 Å². The van der Waals surface area contributed by atoms with Crippen molar-refractivity contribution in [3.63, 3.8) is 0 Å². The molecule has 0 fully saturated rings. The zero-order chi connectivity index (χ0) is 13.8. The molecule has 0 amide bonds. The van der Waals surface area contributed by atoms with Gasteiger partial charge in [-0.2, -0.15) is 0 Å². The molecule has 0 aliphatic rings. The highest BCUT2D eigenvalue weighted by atomic mass is 127. The van der Waals surface area contributed by atoms with E-state index in [1.54, 1.807) is 14.0 Å². The molecule has 100 valence electrons. The summed E-state index contributed by atoms with van der Waals surface area (Å²) in [6.45, 7) is 1.70. The van der Waals surface area contributed by atoms with E-state index in [1.807, 2.05) is 42.5 Å². The third-order valence-corrected chi connectivity index (χ3v) is 3.61. The average molecular weight is 370 g/mol. The lowest BCUT2D eigenvalue weighted by Gasteiger charge is -2.17. The van der Waals surface area contributed by atoms with Gasteiger partial charge in [0.1, 0.15) is 17.2 Å². The summed E-state index contributed by atoms with van der Waals surface area (Å²) in [6.07, 6.45) is -0.660. The molecule has 0 unspecified atom stereocenters. The molecule has 0 radical (unpaired) electrons. The van der Waals surface area contributed by atoms with Gasteiger partial charge in [0, 0.05) is 0 Å². The minimum atomic E-state index is -0.660. The summed E-state index contributed by atoms with van der Waals surface area (Å²) in [6, 6.07) is 13.2. The van der Waals surface area contributed by atoms with Gasteiger partial charge < -0.3 is 14.6 Å². The van der Waals surface area contributed by atoms with Crippen molar-refractivity contribution in [3.05, 3.63) is 51.6 Å². The van der Waals surface area contributed by atoms with E-state index in [-0.39, 0.29) is 0 Å². The Bertz CT molecular complexity index is 567. The van der Waals surface area contributed by atoms with Crippen LogP contribution in [0.25, 0.3) is 0 Å². The summed E-state index contributed by atoms with van der Waals surface area (Å²) in [7, 11) is 1.58. The Morgan fingerprint density at radius 2 is 1.63 bits per heavy atom. The first kappa shape index (κ1) is 14.1. The highest BCUT2D eigenvalue weighted by Gasteiger charge is 2.16. The topological polar surface area (TPSA) is 38.7 Å². The number of rotatable bonds is 4. The zero-order valence-electron chi connectivity index (χ0n) is 10.8. The van der Waals surface area contributed by atoms with Crippen LogP contribution in [0.5, 0.6) is 17.2 Å². The van der Waals surface area contributed by atoms with Crippen LogP contribution >= 0.6 is 22.6 Å². The standard InChI is InChI=1S/C15H15IO3/c1-10(17)15-13(18-2)8-5-9-14(15)19-12-7-4-3-6-11(12)16/h3-10,17H,1-2H3/t10-/m0/s1. The number of aliphatic hydroxyl groups is 1. The van der Waals surface area contributed by atoms with Crippen LogP contribution in [0, 0.1) is 3.57 Å². The summed E-state index contributed by atoms with van der Waals surface area (Å²) >= 11 is 2.22. The van der Waals surface area contributed by atoms with Crippen molar-refractivity contribution in [1.82, 2.24) is 0 Å². The lowest BCUT2D eigenvalue weighted by atomic mass is 10.1. The van der Waals surface area contributed by atoms with Crippen molar-refractivity contribution < 1.29 is 14.6 Å². The van der Waals surface area contributed by atoms with Crippen molar-refractivity contribution >= 4 is 22.6 Å². The third-order valence-electron chi connectivity index (χ3n) is 2.72. The first-order valence-electron chi connectivity index (χ1n) is 5.91. The Kier molecular flexibility index (Phi) is 4.66. The van der Waals surface area contributed by atoms with Crippen molar-refractivity contribution in [2.75, 3.05) is 7.11 Å². The molecular formula is C15H15IO3. The molecule has 0 aromatic heterocycles. The molecule has 0 aliphatic heterocycles. The molecule has 0 spiro atoms. The van der Waals surface area contributed by atoms with Gasteiger partial charge in [0.15, 0.2) is 0 Å². The second-order valence-corrected chi connectivity index (χ2v) is 5.24. The van der Waals surface area contributed by atoms with E-state index in [4.69, 9.17) is 9.47 Å². The summed E-state index contributed by atoms with van der Waals surface area (Å²) in [5, 5.41) is 9.90. The Hall–Kier alpha value is -1.27. The Balaban J connectivity index is 2.43. The minimum Gasteiger partial charge on any atom is -0.496 e. The monoisotopic (exact) mass is 370 g/mol. The van der Waals surface area contributed by atoms with E-state index in [2.05, 4.69) is 22.6 Å². The molecule has 0 saturated carbocycles. The van der Waals surface area contributed by atoms with E-state index in [0.29, 0.717) is 17.1 Å². The molecular weight excluding hydrogens is 355 g/mol. The van der Waals surface area contributed by atoms with Crippen molar-refractivity contribution in [2.45, 2.75) is 13.0 Å². The van der Waals surface area contributed by atoms with Gasteiger partial charge in [0.2, 0.25) is 0 Å². The summed E-state index contributed by atoms with van der Waals surface area (Å²) in [5.74, 6) is 2.00. The smallest absolute Gasteiger partial charge is 0.140 e. The van der Waals surface area contributed by atoms with Crippen molar-refractivity contribution in [2.24, 2.45) is 0 Å². The maximum Gasteiger partial charge on any atom is 0.140 e. The number of para-hydroxylation sites is 1. The van der Waals surface area contributed by atoms with Gasteiger partial charge in [-0.05, 0) is 53.8 Å². The number of hydrogen-bond donors (Lipinski definition) is 1. The summed E-state index contributed by atoms with van der Waals surface area (Å²) in [4.78, 5) is 0. The molecule has 0 bridgehead atoms. The number of benzene rings is 2. The van der Waals surface area contributed by atoms with Crippen LogP contribution in [-0.4, -0.2) is 12.2 Å². The number of methoxy groups -OCH3 is 1. The first-order valence-corrected chi connectivity index (χ1v) is 6.98. The van der Waals surface area contributed by atoms with Gasteiger partial charge in [0.05, 0.1) is 22.3 Å². The van der Waals surface area contributed by atoms with E-state index < -0.39 is 6.10 Å². The second kappa shape index (κ2) is 6.25. The summed E-state index contributed by atoms with van der Waals surface area (Å²) < 4.78 is 12.2. The lowest BCUT2D eigenvalue weighted by Crippen LogP contribution is -2.00. The number of aliphatic hydroxyl groups excluding tert-OH is 1. The molecule has 0 saturated heterocycles. The van der Waals surface area contributed by atoms with Gasteiger partial charge in [-0.3, -0.25) is 0 Å². The Morgan fingerprint density at radius 1 is 1.00 bits per heavy atom. The molecule has 19 heavy (non-hydrogen) atoms. The quantitative estimate of drug-likeness (QED) is 0.822. The van der Waals surface area contributed by atoms with Gasteiger partial charge in [0.25, 0.3) is 0 Å². The van der Waals surface area contributed by atoms with Crippen molar-refractivity contribution in [1.29, 1.82) is 0 Å². The molecule has 0 aliphatic carbocycles. The molecule has 2 aromatic carbocycles. The zero-order valence-corrected chi connectivity index (χ0v) is 12.9. The van der Waals surface area contributed by atoms with E-state index in [9.17, 15) is 5.11 Å². The third kappa shape index (κ3) is 3.19. The second-order valence-electron chi connectivity index (χ2n) is 4.08. The van der Waals surface area contributed by atoms with Crippen LogP contribution in [0.3, 0.4) is 0 Å². The SMILES string of the molecule is COc1cccc(Oc2ccccc2I)c1[C@H](C)O. The largest absolute Gasteiger partial charge is 0.496 e. The molecule has 1 atom stereocenters. The summed E-state index contributed by atoms with van der Waals surface area (Å²) in [5.41, 5.74) is 0.657. The minimum absolute atomic E-state index is 0.610. The van der Waals surface area contributed by atoms with Crippen LogP contribution in [0.2, 0.25) is 0 Å². The van der Waals surface area contributed by atoms with E-state index >= 15 is 0 Å². The van der Waals surface area contributed by atoms with Crippen LogP contribution in [0.4, 0.5) is 0 Å². The lowest BCUT2D eigenvalue weighted by molar-refractivity contribution is 0.190. The first-order chi connectivity index (χ1) is 9.13. The van der Waals surface area contributed by atoms with Crippen LogP contribution in [0.1, 0.15) is 18.6 Å². The maximum absolute atomic E-state index is 9.90. The highest BCUT2D eigenvalue weighted by Crippen LogP contribution is 2.37. The normalized spacial score (nSPS) is 12.0. The van der Waals surface area contributed by atoms with Gasteiger partial charge in [-0.1, -0.05) is 18.2 Å². The Morgan fingerprint density at radius 3 is 2.26 bits per heavy atom. The maximum atomic E-state index is 9.90. The average Bonchev–Trinajstić information content (AvgIpc) is 2.40. The fourth-order valence-corrected chi connectivity index (χ4v) is 2.35. The molecule has 2 rings (SSSR count). The number of halogens is 1. The molecule has 2 aromatic rings. The number of ether oxygens (including phenoxy) is 2. The van der Waals surface area contributed by atoms with E-state index in [0.717, 1.165) is 9.32 Å². The van der Waals surface area contributed by atoms with Crippen LogP contribution < -0.4 is 9.47 Å². The van der Waals surface area contributed by atoms with Gasteiger partial charge in [-0.25, -0.2) is 0 Å². The van der Waals surface area contributed by atoms with Crippen LogP contribution in [-0.2, 0) is 0 Å². The fourth-order valence-electron chi connectivity index (χ4n) is 1.85. The van der Waals surface area contributed by atoms with E-state index in [1.165, 1.54) is 0 Å². The van der Waals surface area contributed by atoms with Crippen LogP contribution in [0.15, 0.2) is 42.5 Å². The van der Waals surface area contributed by atoms with Gasteiger partial charge >= 0.3 is 0 Å². The fraction of sp³-hybridized carbons (Fsp3) is 0.200. The molecule has 1 N–H and O–H groups in total. The predicted molar refractivity (Wildman–Crippen MR) is 82.9 cm³/mol. The molecule has 3 nitrogen and oxygen atoms in total. The number of hydrogen-bond acceptors (Lipinski definition) is 3. The predicted octanol–water partition coefficient (Wildman–Crippen LogP) is 4.15. The van der Waals surface area contributed by atoms with Crippen molar-refractivity contribution in [3.8, 4) is 17.2 Å².